The first-order chi connectivity index (χ1) is 10.4. The number of ether oxygens (including phenoxy) is 1. The van der Waals surface area contributed by atoms with Crippen molar-refractivity contribution in [2.24, 2.45) is 0 Å². The van der Waals surface area contributed by atoms with E-state index in [0.717, 1.165) is 29.7 Å². The van der Waals surface area contributed by atoms with Gasteiger partial charge in [0.1, 0.15) is 6.10 Å². The molecule has 1 N–H and O–H groups in total. The van der Waals surface area contributed by atoms with E-state index in [1.165, 1.54) is 10.5 Å². The fraction of sp³-hybridized carbons (Fsp3) is 0.529. The molecule has 5 nitrogen and oxygen atoms in total. The number of carbonyl (C=O) groups excluding carboxylic acids is 2. The van der Waals surface area contributed by atoms with Crippen molar-refractivity contribution in [3.05, 3.63) is 28.8 Å². The van der Waals surface area contributed by atoms with Crippen molar-refractivity contribution in [2.75, 3.05) is 25.5 Å². The first-order valence-electron chi connectivity index (χ1n) is 7.62. The van der Waals surface area contributed by atoms with Gasteiger partial charge in [0.15, 0.2) is 0 Å². The Hall–Kier alpha value is -1.88. The van der Waals surface area contributed by atoms with Crippen LogP contribution in [0, 0.1) is 20.8 Å². The lowest BCUT2D eigenvalue weighted by atomic mass is 10.1. The highest BCUT2D eigenvalue weighted by Crippen LogP contribution is 2.22. The second kappa shape index (κ2) is 6.92. The lowest BCUT2D eigenvalue weighted by Crippen LogP contribution is -2.40. The van der Waals surface area contributed by atoms with Crippen LogP contribution in [0.1, 0.15) is 29.5 Å². The van der Waals surface area contributed by atoms with Crippen molar-refractivity contribution in [2.45, 2.75) is 39.7 Å². The van der Waals surface area contributed by atoms with Crippen LogP contribution < -0.4 is 5.32 Å². The van der Waals surface area contributed by atoms with E-state index in [1.54, 1.807) is 7.05 Å². The number of benzene rings is 1. The van der Waals surface area contributed by atoms with Crippen LogP contribution >= 0.6 is 0 Å². The number of amides is 2. The maximum atomic E-state index is 12.2. The first-order valence-corrected chi connectivity index (χ1v) is 7.62. The molecule has 1 aliphatic rings. The van der Waals surface area contributed by atoms with E-state index in [2.05, 4.69) is 5.32 Å². The summed E-state index contributed by atoms with van der Waals surface area (Å²) in [6.07, 6.45) is 1.25. The Morgan fingerprint density at radius 2 is 1.91 bits per heavy atom. The second-order valence-corrected chi connectivity index (χ2v) is 6.02. The molecule has 2 rings (SSSR count). The minimum absolute atomic E-state index is 0.0332. The van der Waals surface area contributed by atoms with Crippen LogP contribution in [0.2, 0.25) is 0 Å². The molecular formula is C17H24N2O3. The highest BCUT2D eigenvalue weighted by Gasteiger charge is 2.27. The van der Waals surface area contributed by atoms with Gasteiger partial charge in [-0.15, -0.1) is 0 Å². The number of carbonyl (C=O) groups is 2. The van der Waals surface area contributed by atoms with Crippen molar-refractivity contribution in [1.82, 2.24) is 4.90 Å². The summed E-state index contributed by atoms with van der Waals surface area (Å²) in [6, 6.07) is 4.06. The second-order valence-electron chi connectivity index (χ2n) is 6.02. The number of hydrogen-bond donors (Lipinski definition) is 1. The van der Waals surface area contributed by atoms with Crippen molar-refractivity contribution >= 4 is 17.5 Å². The normalized spacial score (nSPS) is 17.4. The predicted molar refractivity (Wildman–Crippen MR) is 85.9 cm³/mol. The van der Waals surface area contributed by atoms with Crippen LogP contribution in [0.25, 0.3) is 0 Å². The van der Waals surface area contributed by atoms with Crippen LogP contribution in [-0.2, 0) is 14.3 Å². The Balaban J connectivity index is 1.96. The molecule has 0 saturated carbocycles. The topological polar surface area (TPSA) is 58.6 Å². The van der Waals surface area contributed by atoms with E-state index in [4.69, 9.17) is 4.74 Å². The molecule has 120 valence electrons. The van der Waals surface area contributed by atoms with Crippen LogP contribution in [0.15, 0.2) is 12.1 Å². The zero-order valence-electron chi connectivity index (χ0n) is 13.7. The fourth-order valence-electron chi connectivity index (χ4n) is 2.87. The standard InChI is InChI=1S/C17H24N2O3/c1-11-8-12(2)16(13(3)9-11)18-15(20)10-19(4)17(21)14-6-5-7-22-14/h8-9,14H,5-7,10H2,1-4H3,(H,18,20)/t14-/m1/s1. The summed E-state index contributed by atoms with van der Waals surface area (Å²) in [5.74, 6) is -0.311. The Kier molecular flexibility index (Phi) is 5.19. The van der Waals surface area contributed by atoms with Gasteiger partial charge in [-0.2, -0.15) is 0 Å². The van der Waals surface area contributed by atoms with Gasteiger partial charge in [-0.1, -0.05) is 17.7 Å². The number of rotatable bonds is 4. The molecule has 0 aliphatic carbocycles. The van der Waals surface area contributed by atoms with Crippen molar-refractivity contribution in [3.63, 3.8) is 0 Å². The summed E-state index contributed by atoms with van der Waals surface area (Å²) >= 11 is 0. The third kappa shape index (κ3) is 3.85. The van der Waals surface area contributed by atoms with E-state index in [-0.39, 0.29) is 24.5 Å². The molecule has 1 aromatic carbocycles. The average Bonchev–Trinajstić information content (AvgIpc) is 2.95. The molecule has 1 fully saturated rings. The Labute approximate surface area is 131 Å². The highest BCUT2D eigenvalue weighted by atomic mass is 16.5. The quantitative estimate of drug-likeness (QED) is 0.927. The lowest BCUT2D eigenvalue weighted by Gasteiger charge is -2.21. The van der Waals surface area contributed by atoms with Crippen molar-refractivity contribution < 1.29 is 14.3 Å². The third-order valence-corrected chi connectivity index (χ3v) is 3.90. The minimum Gasteiger partial charge on any atom is -0.368 e. The maximum absolute atomic E-state index is 12.2. The predicted octanol–water partition coefficient (Wildman–Crippen LogP) is 2.19. The van der Waals surface area contributed by atoms with E-state index in [1.807, 2.05) is 32.9 Å². The molecule has 1 aliphatic heterocycles. The van der Waals surface area contributed by atoms with Crippen molar-refractivity contribution in [3.8, 4) is 0 Å². The maximum Gasteiger partial charge on any atom is 0.251 e. The monoisotopic (exact) mass is 304 g/mol. The Bertz CT molecular complexity index is 554. The average molecular weight is 304 g/mol. The zero-order chi connectivity index (χ0) is 16.3. The van der Waals surface area contributed by atoms with Gasteiger partial charge in [0.25, 0.3) is 5.91 Å². The number of nitrogens with zero attached hydrogens (tertiary/aromatic N) is 1. The summed E-state index contributed by atoms with van der Waals surface area (Å²) in [5, 5.41) is 2.91. The number of hydrogen-bond acceptors (Lipinski definition) is 3. The molecule has 0 spiro atoms. The summed E-state index contributed by atoms with van der Waals surface area (Å²) in [6.45, 7) is 6.62. The molecule has 2 amide bonds. The number of aryl methyl sites for hydroxylation is 3. The van der Waals surface area contributed by atoms with Crippen LogP contribution in [0.4, 0.5) is 5.69 Å². The fourth-order valence-corrected chi connectivity index (χ4v) is 2.87. The van der Waals surface area contributed by atoms with Gasteiger partial charge in [-0.25, -0.2) is 0 Å². The molecule has 0 unspecified atom stereocenters. The number of anilines is 1. The lowest BCUT2D eigenvalue weighted by molar-refractivity contribution is -0.141. The Morgan fingerprint density at radius 1 is 1.27 bits per heavy atom. The molecule has 0 aromatic heterocycles. The Morgan fingerprint density at radius 3 is 2.45 bits per heavy atom. The van der Waals surface area contributed by atoms with Gasteiger partial charge in [-0.05, 0) is 44.7 Å². The number of nitrogens with one attached hydrogen (secondary N) is 1. The smallest absolute Gasteiger partial charge is 0.251 e. The van der Waals surface area contributed by atoms with Gasteiger partial charge in [0, 0.05) is 19.3 Å². The molecule has 0 bridgehead atoms. The third-order valence-electron chi connectivity index (χ3n) is 3.90. The van der Waals surface area contributed by atoms with Gasteiger partial charge in [0.2, 0.25) is 5.91 Å². The SMILES string of the molecule is Cc1cc(C)c(NC(=O)CN(C)C(=O)[C@H]2CCCO2)c(C)c1. The zero-order valence-corrected chi connectivity index (χ0v) is 13.7. The van der Waals surface area contributed by atoms with E-state index < -0.39 is 0 Å². The van der Waals surface area contributed by atoms with Gasteiger partial charge in [0.05, 0.1) is 6.54 Å². The molecule has 1 atom stereocenters. The van der Waals surface area contributed by atoms with E-state index >= 15 is 0 Å². The van der Waals surface area contributed by atoms with Crippen LogP contribution in [-0.4, -0.2) is 43.0 Å². The highest BCUT2D eigenvalue weighted by molar-refractivity contribution is 5.96. The van der Waals surface area contributed by atoms with Crippen LogP contribution in [0.3, 0.4) is 0 Å². The first kappa shape index (κ1) is 16.5. The van der Waals surface area contributed by atoms with E-state index in [9.17, 15) is 9.59 Å². The molecule has 22 heavy (non-hydrogen) atoms. The number of likely N-dealkylation sites (N-methyl/N-ethyl adjacent to an activating group) is 1. The summed E-state index contributed by atoms with van der Waals surface area (Å²) in [4.78, 5) is 25.8. The van der Waals surface area contributed by atoms with Crippen LogP contribution in [0.5, 0.6) is 0 Å². The largest absolute Gasteiger partial charge is 0.368 e. The van der Waals surface area contributed by atoms with Gasteiger partial charge < -0.3 is 15.0 Å². The molecule has 1 aromatic rings. The molecule has 0 radical (unpaired) electrons. The molecular weight excluding hydrogens is 280 g/mol. The minimum atomic E-state index is -0.388. The molecule has 1 heterocycles. The van der Waals surface area contributed by atoms with Gasteiger partial charge >= 0.3 is 0 Å². The van der Waals surface area contributed by atoms with Crippen molar-refractivity contribution in [1.29, 1.82) is 0 Å². The molecule has 5 heteroatoms. The van der Waals surface area contributed by atoms with Gasteiger partial charge in [-0.3, -0.25) is 9.59 Å². The molecule has 1 saturated heterocycles. The summed E-state index contributed by atoms with van der Waals surface area (Å²) < 4.78 is 5.36. The summed E-state index contributed by atoms with van der Waals surface area (Å²) in [5.41, 5.74) is 4.05. The van der Waals surface area contributed by atoms with E-state index in [0.29, 0.717) is 6.61 Å². The summed E-state index contributed by atoms with van der Waals surface area (Å²) in [7, 11) is 1.64.